The summed E-state index contributed by atoms with van der Waals surface area (Å²) in [6.07, 6.45) is 1.34. The highest BCUT2D eigenvalue weighted by Crippen LogP contribution is 2.38. The molecular weight excluding hydrogens is 356 g/mol. The van der Waals surface area contributed by atoms with Gasteiger partial charge in [0.05, 0.1) is 26.1 Å². The number of benzene rings is 2. The molecule has 2 N–H and O–H groups in total. The molecule has 0 aromatic heterocycles. The molecule has 0 heterocycles. The molecule has 6 nitrogen and oxygen atoms in total. The lowest BCUT2D eigenvalue weighted by atomic mass is 10.1. The molecule has 0 spiro atoms. The quantitative estimate of drug-likeness (QED) is 0.698. The predicted molar refractivity (Wildman–Crippen MR) is 106 cm³/mol. The second-order valence-electron chi connectivity index (χ2n) is 6.91. The molecule has 1 aliphatic carbocycles. The van der Waals surface area contributed by atoms with E-state index in [0.717, 1.165) is 29.0 Å². The highest BCUT2D eigenvalue weighted by molar-refractivity contribution is 5.92. The number of ether oxygens (including phenoxy) is 2. The van der Waals surface area contributed by atoms with Crippen molar-refractivity contribution in [2.45, 2.75) is 19.4 Å². The summed E-state index contributed by atoms with van der Waals surface area (Å²) in [6.45, 7) is 0.992. The van der Waals surface area contributed by atoms with E-state index in [1.165, 1.54) is 0 Å². The van der Waals surface area contributed by atoms with Gasteiger partial charge in [-0.25, -0.2) is 0 Å². The number of carbonyl (C=O) groups excluding carboxylic acids is 2. The van der Waals surface area contributed by atoms with Crippen LogP contribution in [0.5, 0.6) is 11.5 Å². The Labute approximate surface area is 165 Å². The number of rotatable bonds is 9. The van der Waals surface area contributed by atoms with Crippen molar-refractivity contribution < 1.29 is 19.1 Å². The molecule has 0 bridgehead atoms. The van der Waals surface area contributed by atoms with Crippen LogP contribution < -0.4 is 20.1 Å². The van der Waals surface area contributed by atoms with Gasteiger partial charge in [0.15, 0.2) is 0 Å². The van der Waals surface area contributed by atoms with Crippen LogP contribution in [0.25, 0.3) is 0 Å². The van der Waals surface area contributed by atoms with Crippen molar-refractivity contribution in [1.82, 2.24) is 10.6 Å². The van der Waals surface area contributed by atoms with Gasteiger partial charge in [0.1, 0.15) is 11.5 Å². The normalized spacial score (nSPS) is 17.5. The van der Waals surface area contributed by atoms with Crippen molar-refractivity contribution in [3.05, 3.63) is 59.7 Å². The van der Waals surface area contributed by atoms with E-state index < -0.39 is 0 Å². The number of methoxy groups -OCH3 is 2. The van der Waals surface area contributed by atoms with Crippen LogP contribution in [-0.2, 0) is 22.6 Å². The van der Waals surface area contributed by atoms with Crippen LogP contribution in [0.1, 0.15) is 17.5 Å². The van der Waals surface area contributed by atoms with Gasteiger partial charge >= 0.3 is 0 Å². The molecule has 28 heavy (non-hydrogen) atoms. The Kier molecular flexibility index (Phi) is 6.53. The minimum absolute atomic E-state index is 0.0486. The average molecular weight is 382 g/mol. The second-order valence-corrected chi connectivity index (χ2v) is 6.91. The van der Waals surface area contributed by atoms with E-state index >= 15 is 0 Å². The maximum absolute atomic E-state index is 12.3. The van der Waals surface area contributed by atoms with E-state index in [4.69, 9.17) is 9.47 Å². The molecule has 148 valence electrons. The van der Waals surface area contributed by atoms with Gasteiger partial charge < -0.3 is 20.1 Å². The molecule has 2 unspecified atom stereocenters. The molecule has 2 aromatic rings. The third-order valence-electron chi connectivity index (χ3n) is 4.94. The van der Waals surface area contributed by atoms with Crippen molar-refractivity contribution in [3.63, 3.8) is 0 Å². The first-order valence-corrected chi connectivity index (χ1v) is 9.42. The van der Waals surface area contributed by atoms with Gasteiger partial charge in [-0.05, 0) is 48.2 Å². The fourth-order valence-corrected chi connectivity index (χ4v) is 3.13. The standard InChI is InChI=1S/C22H26N2O4/c1-27-17-8-6-16(7-9-17)14-24-22(26)20-13-19(20)21(25)23-11-10-15-4-3-5-18(12-15)28-2/h3-9,12,19-20H,10-11,13-14H2,1-2H3,(H,23,25)(H,24,26). The number of carbonyl (C=O) groups is 2. The molecule has 6 heteroatoms. The summed E-state index contributed by atoms with van der Waals surface area (Å²) in [7, 11) is 3.25. The summed E-state index contributed by atoms with van der Waals surface area (Å²) >= 11 is 0. The first-order chi connectivity index (χ1) is 13.6. The summed E-state index contributed by atoms with van der Waals surface area (Å²) in [5, 5.41) is 5.83. The van der Waals surface area contributed by atoms with E-state index in [9.17, 15) is 9.59 Å². The summed E-state index contributed by atoms with van der Waals surface area (Å²) in [6, 6.07) is 15.3. The lowest BCUT2D eigenvalue weighted by Gasteiger charge is -2.08. The molecule has 2 atom stereocenters. The zero-order valence-electron chi connectivity index (χ0n) is 16.2. The van der Waals surface area contributed by atoms with Gasteiger partial charge in [0.25, 0.3) is 0 Å². The van der Waals surface area contributed by atoms with E-state index in [2.05, 4.69) is 10.6 Å². The molecule has 1 fully saturated rings. The largest absolute Gasteiger partial charge is 0.497 e. The van der Waals surface area contributed by atoms with Crippen molar-refractivity contribution in [2.24, 2.45) is 11.8 Å². The predicted octanol–water partition coefficient (Wildman–Crippen LogP) is 2.31. The van der Waals surface area contributed by atoms with Gasteiger partial charge in [0, 0.05) is 13.1 Å². The van der Waals surface area contributed by atoms with Crippen LogP contribution in [0.3, 0.4) is 0 Å². The Hall–Kier alpha value is -3.02. The van der Waals surface area contributed by atoms with Crippen LogP contribution in [-0.4, -0.2) is 32.6 Å². The monoisotopic (exact) mass is 382 g/mol. The van der Waals surface area contributed by atoms with Crippen LogP contribution in [0.2, 0.25) is 0 Å². The molecule has 2 amide bonds. The van der Waals surface area contributed by atoms with Crippen LogP contribution in [0, 0.1) is 11.8 Å². The minimum Gasteiger partial charge on any atom is -0.497 e. The first kappa shape index (κ1) is 19.7. The summed E-state index contributed by atoms with van der Waals surface area (Å²) < 4.78 is 10.3. The fourth-order valence-electron chi connectivity index (χ4n) is 3.13. The zero-order chi connectivity index (χ0) is 19.9. The molecule has 0 saturated heterocycles. The highest BCUT2D eigenvalue weighted by atomic mass is 16.5. The number of nitrogens with one attached hydrogen (secondary N) is 2. The topological polar surface area (TPSA) is 76.7 Å². The van der Waals surface area contributed by atoms with E-state index in [0.29, 0.717) is 19.5 Å². The Bertz CT molecular complexity index is 820. The van der Waals surface area contributed by atoms with Gasteiger partial charge in [-0.1, -0.05) is 24.3 Å². The van der Waals surface area contributed by atoms with Crippen LogP contribution >= 0.6 is 0 Å². The third-order valence-corrected chi connectivity index (χ3v) is 4.94. The molecule has 0 radical (unpaired) electrons. The van der Waals surface area contributed by atoms with Crippen molar-refractivity contribution in [1.29, 1.82) is 0 Å². The summed E-state index contributed by atoms with van der Waals surface area (Å²) in [5.74, 6) is 1.02. The van der Waals surface area contributed by atoms with E-state index in [1.54, 1.807) is 14.2 Å². The zero-order valence-corrected chi connectivity index (χ0v) is 16.2. The smallest absolute Gasteiger partial charge is 0.224 e. The molecule has 1 aliphatic rings. The Morgan fingerprint density at radius 3 is 2.25 bits per heavy atom. The molecule has 2 aromatic carbocycles. The van der Waals surface area contributed by atoms with Crippen LogP contribution in [0.15, 0.2) is 48.5 Å². The number of hydrogen-bond donors (Lipinski definition) is 2. The summed E-state index contributed by atoms with van der Waals surface area (Å²) in [5.41, 5.74) is 2.10. The number of hydrogen-bond acceptors (Lipinski definition) is 4. The lowest BCUT2D eigenvalue weighted by Crippen LogP contribution is -2.31. The average Bonchev–Trinajstić information content (AvgIpc) is 3.53. The Morgan fingerprint density at radius 1 is 0.893 bits per heavy atom. The van der Waals surface area contributed by atoms with Crippen molar-refractivity contribution >= 4 is 11.8 Å². The molecule has 1 saturated carbocycles. The van der Waals surface area contributed by atoms with E-state index in [1.807, 2.05) is 48.5 Å². The van der Waals surface area contributed by atoms with Crippen molar-refractivity contribution in [2.75, 3.05) is 20.8 Å². The third kappa shape index (κ3) is 5.25. The van der Waals surface area contributed by atoms with Gasteiger partial charge in [0.2, 0.25) is 11.8 Å². The van der Waals surface area contributed by atoms with Gasteiger partial charge in [-0.3, -0.25) is 9.59 Å². The minimum atomic E-state index is -0.227. The maximum atomic E-state index is 12.3. The highest BCUT2D eigenvalue weighted by Gasteiger charge is 2.47. The van der Waals surface area contributed by atoms with E-state index in [-0.39, 0.29) is 23.7 Å². The SMILES string of the molecule is COc1ccc(CNC(=O)C2CC2C(=O)NCCc2cccc(OC)c2)cc1. The number of amides is 2. The van der Waals surface area contributed by atoms with Crippen molar-refractivity contribution in [3.8, 4) is 11.5 Å². The lowest BCUT2D eigenvalue weighted by molar-refractivity contribution is -0.127. The second kappa shape index (κ2) is 9.26. The first-order valence-electron chi connectivity index (χ1n) is 9.42. The fraction of sp³-hybridized carbons (Fsp3) is 0.364. The Balaban J connectivity index is 1.37. The maximum Gasteiger partial charge on any atom is 0.224 e. The summed E-state index contributed by atoms with van der Waals surface area (Å²) in [4.78, 5) is 24.5. The van der Waals surface area contributed by atoms with Crippen LogP contribution in [0.4, 0.5) is 0 Å². The molecular formula is C22H26N2O4. The molecule has 0 aliphatic heterocycles. The van der Waals surface area contributed by atoms with Gasteiger partial charge in [-0.2, -0.15) is 0 Å². The Morgan fingerprint density at radius 2 is 1.57 bits per heavy atom. The molecule has 3 rings (SSSR count). The van der Waals surface area contributed by atoms with Gasteiger partial charge in [-0.15, -0.1) is 0 Å².